The molecule has 2 aromatic heterocycles. The number of fused-ring (bicyclic) bond motifs is 1. The minimum Gasteiger partial charge on any atom is -0.495 e. The Morgan fingerprint density at radius 2 is 2.04 bits per heavy atom. The molecule has 2 N–H and O–H groups in total. The first kappa shape index (κ1) is 18.8. The van der Waals surface area contributed by atoms with E-state index < -0.39 is 10.0 Å². The number of benzene rings is 1. The molecule has 0 aliphatic carbocycles. The fraction of sp³-hybridized carbons (Fsp3) is 0.235. The molecule has 0 saturated heterocycles. The highest BCUT2D eigenvalue weighted by molar-refractivity contribution is 7.89. The maximum Gasteiger partial charge on any atom is 0.244 e. The Labute approximate surface area is 156 Å². The van der Waals surface area contributed by atoms with Crippen molar-refractivity contribution in [3.63, 3.8) is 0 Å². The van der Waals surface area contributed by atoms with Crippen LogP contribution in [-0.4, -0.2) is 42.6 Å². The lowest BCUT2D eigenvalue weighted by atomic mass is 10.3. The number of carbonyl (C=O) groups excluding carboxylic acids is 1. The van der Waals surface area contributed by atoms with Gasteiger partial charge in [0.25, 0.3) is 0 Å². The summed E-state index contributed by atoms with van der Waals surface area (Å²) < 4.78 is 34.9. The van der Waals surface area contributed by atoms with Gasteiger partial charge in [-0.1, -0.05) is 6.07 Å². The second-order valence-electron chi connectivity index (χ2n) is 5.74. The van der Waals surface area contributed by atoms with E-state index >= 15 is 0 Å². The van der Waals surface area contributed by atoms with Gasteiger partial charge in [-0.05, 0) is 30.3 Å². The van der Waals surface area contributed by atoms with Crippen LogP contribution in [0.4, 0.5) is 5.69 Å². The van der Waals surface area contributed by atoms with E-state index in [4.69, 9.17) is 4.74 Å². The molecule has 1 amide bonds. The quantitative estimate of drug-likeness (QED) is 0.628. The van der Waals surface area contributed by atoms with Gasteiger partial charge in [0.05, 0.1) is 7.11 Å². The summed E-state index contributed by atoms with van der Waals surface area (Å²) in [6.45, 7) is 1.48. The van der Waals surface area contributed by atoms with Gasteiger partial charge in [-0.25, -0.2) is 13.1 Å². The van der Waals surface area contributed by atoms with Gasteiger partial charge in [-0.3, -0.25) is 9.20 Å². The molecule has 3 rings (SSSR count). The van der Waals surface area contributed by atoms with E-state index in [-0.39, 0.29) is 23.1 Å². The highest BCUT2D eigenvalue weighted by atomic mass is 32.2. The first-order valence-electron chi connectivity index (χ1n) is 8.14. The first-order valence-corrected chi connectivity index (χ1v) is 9.63. The number of nitrogens with one attached hydrogen (secondary N) is 2. The number of aromatic nitrogens is 3. The minimum absolute atomic E-state index is 0.0534. The number of nitrogens with zero attached hydrogens (tertiary/aromatic N) is 3. The Morgan fingerprint density at radius 3 is 2.78 bits per heavy atom. The Balaban J connectivity index is 1.77. The van der Waals surface area contributed by atoms with Crippen molar-refractivity contribution in [1.82, 2.24) is 19.3 Å². The second kappa shape index (κ2) is 7.72. The lowest BCUT2D eigenvalue weighted by Gasteiger charge is -2.12. The number of hydrogen-bond donors (Lipinski definition) is 2. The summed E-state index contributed by atoms with van der Waals surface area (Å²) in [4.78, 5) is 11.2. The zero-order chi connectivity index (χ0) is 19.4. The van der Waals surface area contributed by atoms with Crippen LogP contribution >= 0.6 is 0 Å². The lowest BCUT2D eigenvalue weighted by Crippen LogP contribution is -2.27. The van der Waals surface area contributed by atoms with E-state index in [0.717, 1.165) is 0 Å². The van der Waals surface area contributed by atoms with Gasteiger partial charge in [0.1, 0.15) is 16.5 Å². The van der Waals surface area contributed by atoms with Crippen molar-refractivity contribution in [2.24, 2.45) is 0 Å². The van der Waals surface area contributed by atoms with Crippen molar-refractivity contribution in [2.45, 2.75) is 18.2 Å². The van der Waals surface area contributed by atoms with E-state index in [2.05, 4.69) is 20.2 Å². The molecule has 142 valence electrons. The van der Waals surface area contributed by atoms with Crippen molar-refractivity contribution >= 4 is 27.3 Å². The summed E-state index contributed by atoms with van der Waals surface area (Å²) in [6, 6.07) is 9.94. The van der Waals surface area contributed by atoms with Crippen LogP contribution in [0.15, 0.2) is 47.5 Å². The maximum atomic E-state index is 12.7. The number of rotatable bonds is 7. The smallest absolute Gasteiger partial charge is 0.244 e. The Bertz CT molecular complexity index is 1080. The molecule has 9 nitrogen and oxygen atoms in total. The van der Waals surface area contributed by atoms with E-state index in [1.807, 2.05) is 24.4 Å². The molecule has 27 heavy (non-hydrogen) atoms. The number of pyridine rings is 1. The normalized spacial score (nSPS) is 11.5. The standard InChI is InChI=1S/C17H19N5O4S/c1-12(23)19-13-6-7-14(26-2)15(11-13)27(24,25)18-9-8-17-21-20-16-5-3-4-10-22(16)17/h3-7,10-11,18H,8-9H2,1-2H3,(H,19,23). The Hall–Kier alpha value is -2.98. The van der Waals surface area contributed by atoms with Crippen LogP contribution in [0.25, 0.3) is 5.65 Å². The summed E-state index contributed by atoms with van der Waals surface area (Å²) in [5.41, 5.74) is 1.06. The fourth-order valence-electron chi connectivity index (χ4n) is 2.60. The van der Waals surface area contributed by atoms with Crippen LogP contribution in [-0.2, 0) is 21.2 Å². The van der Waals surface area contributed by atoms with Crippen molar-refractivity contribution in [3.8, 4) is 5.75 Å². The van der Waals surface area contributed by atoms with Crippen LogP contribution in [0.5, 0.6) is 5.75 Å². The molecule has 10 heteroatoms. The third-order valence-electron chi connectivity index (χ3n) is 3.80. The van der Waals surface area contributed by atoms with E-state index in [0.29, 0.717) is 23.6 Å². The topological polar surface area (TPSA) is 115 Å². The van der Waals surface area contributed by atoms with Gasteiger partial charge in [-0.15, -0.1) is 10.2 Å². The summed E-state index contributed by atoms with van der Waals surface area (Å²) in [6.07, 6.45) is 2.18. The van der Waals surface area contributed by atoms with Gasteiger partial charge in [0, 0.05) is 31.8 Å². The molecule has 0 aliphatic rings. The van der Waals surface area contributed by atoms with Crippen LogP contribution in [0.2, 0.25) is 0 Å². The number of hydrogen-bond acceptors (Lipinski definition) is 6. The average Bonchev–Trinajstić information content (AvgIpc) is 3.04. The number of amides is 1. The van der Waals surface area contributed by atoms with Gasteiger partial charge in [0.2, 0.25) is 15.9 Å². The molecule has 0 bridgehead atoms. The van der Waals surface area contributed by atoms with Crippen molar-refractivity contribution < 1.29 is 17.9 Å². The fourth-order valence-corrected chi connectivity index (χ4v) is 3.83. The van der Waals surface area contributed by atoms with Crippen LogP contribution in [0.1, 0.15) is 12.7 Å². The first-order chi connectivity index (χ1) is 12.9. The lowest BCUT2D eigenvalue weighted by molar-refractivity contribution is -0.114. The molecule has 0 saturated carbocycles. The number of ether oxygens (including phenoxy) is 1. The SMILES string of the molecule is COc1ccc(NC(C)=O)cc1S(=O)(=O)NCCc1nnc2ccccn12. The summed E-state index contributed by atoms with van der Waals surface area (Å²) >= 11 is 0. The number of anilines is 1. The van der Waals surface area contributed by atoms with Gasteiger partial charge in [-0.2, -0.15) is 0 Å². The Morgan fingerprint density at radius 1 is 1.22 bits per heavy atom. The minimum atomic E-state index is -3.85. The average molecular weight is 389 g/mol. The largest absolute Gasteiger partial charge is 0.495 e. The number of methoxy groups -OCH3 is 1. The maximum absolute atomic E-state index is 12.7. The van der Waals surface area contributed by atoms with Crippen LogP contribution in [0, 0.1) is 0 Å². The summed E-state index contributed by atoms with van der Waals surface area (Å²) in [5.74, 6) is 0.534. The van der Waals surface area contributed by atoms with Crippen molar-refractivity contribution in [3.05, 3.63) is 48.4 Å². The van der Waals surface area contributed by atoms with Gasteiger partial charge < -0.3 is 10.1 Å². The van der Waals surface area contributed by atoms with Crippen LogP contribution in [0.3, 0.4) is 0 Å². The molecule has 1 aromatic carbocycles. The second-order valence-corrected chi connectivity index (χ2v) is 7.48. The summed E-state index contributed by atoms with van der Waals surface area (Å²) in [7, 11) is -2.47. The number of sulfonamides is 1. The zero-order valence-electron chi connectivity index (χ0n) is 14.8. The molecule has 3 aromatic rings. The van der Waals surface area contributed by atoms with E-state index in [9.17, 15) is 13.2 Å². The van der Waals surface area contributed by atoms with E-state index in [1.165, 1.54) is 26.2 Å². The highest BCUT2D eigenvalue weighted by Gasteiger charge is 2.20. The van der Waals surface area contributed by atoms with E-state index in [1.54, 1.807) is 10.5 Å². The molecule has 0 atom stereocenters. The molecule has 0 fully saturated rings. The zero-order valence-corrected chi connectivity index (χ0v) is 15.7. The highest BCUT2D eigenvalue weighted by Crippen LogP contribution is 2.27. The predicted molar refractivity (Wildman–Crippen MR) is 99.2 cm³/mol. The van der Waals surface area contributed by atoms with Gasteiger partial charge in [0.15, 0.2) is 5.65 Å². The monoisotopic (exact) mass is 389 g/mol. The van der Waals surface area contributed by atoms with Crippen molar-refractivity contribution in [1.29, 1.82) is 0 Å². The molecule has 0 aliphatic heterocycles. The third-order valence-corrected chi connectivity index (χ3v) is 5.28. The number of carbonyl (C=O) groups is 1. The molecule has 0 spiro atoms. The summed E-state index contributed by atoms with van der Waals surface area (Å²) in [5, 5.41) is 10.7. The van der Waals surface area contributed by atoms with Gasteiger partial charge >= 0.3 is 0 Å². The van der Waals surface area contributed by atoms with Crippen LogP contribution < -0.4 is 14.8 Å². The molecule has 0 radical (unpaired) electrons. The molecular formula is C17H19N5O4S. The molecule has 0 unspecified atom stereocenters. The third kappa shape index (κ3) is 4.23. The predicted octanol–water partition coefficient (Wildman–Crippen LogP) is 1.22. The molecule has 2 heterocycles. The molecular weight excluding hydrogens is 370 g/mol. The van der Waals surface area contributed by atoms with Crippen molar-refractivity contribution in [2.75, 3.05) is 19.0 Å². The Kier molecular flexibility index (Phi) is 5.38.